The van der Waals surface area contributed by atoms with Gasteiger partial charge in [-0.25, -0.2) is 0 Å². The molecule has 1 aromatic heterocycles. The van der Waals surface area contributed by atoms with E-state index in [0.717, 1.165) is 47.0 Å². The summed E-state index contributed by atoms with van der Waals surface area (Å²) in [4.78, 5) is 12.2. The van der Waals surface area contributed by atoms with Gasteiger partial charge in [0.2, 0.25) is 0 Å². The fourth-order valence-corrected chi connectivity index (χ4v) is 5.21. The number of carboxylic acid groups (broad SMARTS) is 1. The zero-order chi connectivity index (χ0) is 20.7. The Kier molecular flexibility index (Phi) is 4.95. The highest BCUT2D eigenvalue weighted by Crippen LogP contribution is 2.42. The number of hydrogen-bond donors (Lipinski definition) is 1. The van der Waals surface area contributed by atoms with E-state index in [9.17, 15) is 14.1 Å². The Balaban J connectivity index is 2.00. The van der Waals surface area contributed by atoms with Crippen LogP contribution >= 0.6 is 11.6 Å². The molecule has 2 atom stereocenters. The molecular weight excluding hydrogens is 394 g/mol. The Bertz CT molecular complexity index is 1120. The maximum absolute atomic E-state index is 12.5. The summed E-state index contributed by atoms with van der Waals surface area (Å²) in [6.07, 6.45) is 4.27. The summed E-state index contributed by atoms with van der Waals surface area (Å²) < 4.78 is 22.9. The van der Waals surface area contributed by atoms with Crippen molar-refractivity contribution < 1.29 is 15.5 Å². The SMILES string of the molecule is [3H]c1cc([S@@](C)=O)c2c(c1)c1c(n2Cc2ccc(Cl)cc2)[C@@H](CC(=O)O)CCC1. The molecule has 0 spiro atoms. The van der Waals surface area contributed by atoms with E-state index in [2.05, 4.69) is 4.57 Å². The molecule has 1 N–H and O–H groups in total. The van der Waals surface area contributed by atoms with E-state index in [4.69, 9.17) is 13.0 Å². The molecule has 1 heterocycles. The number of rotatable bonds is 5. The molecule has 3 aromatic rings. The highest BCUT2D eigenvalue weighted by molar-refractivity contribution is 7.84. The predicted molar refractivity (Wildman–Crippen MR) is 113 cm³/mol. The van der Waals surface area contributed by atoms with Gasteiger partial charge < -0.3 is 9.67 Å². The van der Waals surface area contributed by atoms with Crippen molar-refractivity contribution in [2.45, 2.75) is 43.0 Å². The molecule has 0 radical (unpaired) electrons. The summed E-state index contributed by atoms with van der Waals surface area (Å²) in [6, 6.07) is 11.4. The number of hydrogen-bond acceptors (Lipinski definition) is 2. The van der Waals surface area contributed by atoms with Gasteiger partial charge in [-0.15, -0.1) is 0 Å². The minimum Gasteiger partial charge on any atom is -0.481 e. The summed E-state index contributed by atoms with van der Waals surface area (Å²) in [6.45, 7) is 0.542. The monoisotopic (exact) mass is 417 g/mol. The summed E-state index contributed by atoms with van der Waals surface area (Å²) in [5.74, 6) is -0.908. The summed E-state index contributed by atoms with van der Waals surface area (Å²) in [5, 5.41) is 11.1. The van der Waals surface area contributed by atoms with Gasteiger partial charge in [0.05, 0.1) is 29.0 Å². The zero-order valence-electron chi connectivity index (χ0n) is 16.6. The number of aromatic nitrogens is 1. The number of benzene rings is 2. The van der Waals surface area contributed by atoms with E-state index in [1.54, 1.807) is 12.3 Å². The molecule has 0 amide bonds. The first-order valence-electron chi connectivity index (χ1n) is 9.80. The second-order valence-corrected chi connectivity index (χ2v) is 9.08. The van der Waals surface area contributed by atoms with Crippen molar-refractivity contribution in [3.8, 4) is 0 Å². The molecule has 28 heavy (non-hydrogen) atoms. The van der Waals surface area contributed by atoms with Crippen LogP contribution in [0.1, 0.15) is 43.4 Å². The smallest absolute Gasteiger partial charge is 0.304 e. The van der Waals surface area contributed by atoms with E-state index in [1.165, 1.54) is 0 Å². The van der Waals surface area contributed by atoms with E-state index in [0.29, 0.717) is 22.5 Å². The molecule has 1 aliphatic rings. The predicted octanol–water partition coefficient (Wildman–Crippen LogP) is 4.98. The lowest BCUT2D eigenvalue weighted by Gasteiger charge is -2.25. The largest absolute Gasteiger partial charge is 0.481 e. The lowest BCUT2D eigenvalue weighted by molar-refractivity contribution is -0.137. The van der Waals surface area contributed by atoms with Crippen molar-refractivity contribution in [3.63, 3.8) is 0 Å². The summed E-state index contributed by atoms with van der Waals surface area (Å²) in [5.41, 5.74) is 4.02. The van der Waals surface area contributed by atoms with Crippen LogP contribution in [0.25, 0.3) is 10.9 Å². The fraction of sp³-hybridized carbons (Fsp3) is 0.318. The minimum absolute atomic E-state index is 0.0716. The number of fused-ring (bicyclic) bond motifs is 3. The van der Waals surface area contributed by atoms with Crippen molar-refractivity contribution in [3.05, 3.63) is 64.3 Å². The third kappa shape index (κ3) is 3.49. The second kappa shape index (κ2) is 7.72. The molecule has 2 aromatic carbocycles. The molecule has 0 saturated heterocycles. The van der Waals surface area contributed by atoms with Gasteiger partial charge in [0.1, 0.15) is 0 Å². The Hall–Kier alpha value is -2.11. The first kappa shape index (κ1) is 18.0. The van der Waals surface area contributed by atoms with Crippen LogP contribution in [0, 0.1) is 0 Å². The van der Waals surface area contributed by atoms with Gasteiger partial charge in [-0.3, -0.25) is 9.00 Å². The van der Waals surface area contributed by atoms with Crippen molar-refractivity contribution in [2.24, 2.45) is 0 Å². The average Bonchev–Trinajstić information content (AvgIpc) is 2.97. The molecule has 4 nitrogen and oxygen atoms in total. The second-order valence-electron chi connectivity index (χ2n) is 7.30. The number of para-hydroxylation sites is 1. The molecular formula is C22H22ClNO3S. The van der Waals surface area contributed by atoms with Crippen LogP contribution in [0.15, 0.2) is 47.3 Å². The van der Waals surface area contributed by atoms with Crippen LogP contribution in [-0.2, 0) is 28.6 Å². The summed E-state index contributed by atoms with van der Waals surface area (Å²) >= 11 is 6.04. The van der Waals surface area contributed by atoms with E-state index < -0.39 is 16.8 Å². The Morgan fingerprint density at radius 1 is 1.32 bits per heavy atom. The number of aliphatic carboxylic acids is 1. The van der Waals surface area contributed by atoms with Crippen LogP contribution in [0.3, 0.4) is 0 Å². The van der Waals surface area contributed by atoms with Crippen molar-refractivity contribution in [1.82, 2.24) is 4.57 Å². The number of nitrogens with zero attached hydrogens (tertiary/aromatic N) is 1. The minimum atomic E-state index is -1.26. The molecule has 146 valence electrons. The van der Waals surface area contributed by atoms with Gasteiger partial charge in [0.25, 0.3) is 0 Å². The first-order valence-corrected chi connectivity index (χ1v) is 11.2. The molecule has 0 unspecified atom stereocenters. The molecule has 1 aliphatic carbocycles. The Morgan fingerprint density at radius 2 is 2.07 bits per heavy atom. The molecule has 4 rings (SSSR count). The normalized spacial score (nSPS) is 17.9. The maximum atomic E-state index is 12.5. The Morgan fingerprint density at radius 3 is 2.75 bits per heavy atom. The van der Waals surface area contributed by atoms with Crippen LogP contribution in [0.4, 0.5) is 0 Å². The summed E-state index contributed by atoms with van der Waals surface area (Å²) in [7, 11) is -1.26. The van der Waals surface area contributed by atoms with E-state index in [1.807, 2.05) is 30.3 Å². The van der Waals surface area contributed by atoms with Gasteiger partial charge in [0.15, 0.2) is 0 Å². The van der Waals surface area contributed by atoms with Crippen molar-refractivity contribution in [1.29, 1.82) is 0 Å². The van der Waals surface area contributed by atoms with E-state index >= 15 is 0 Å². The zero-order valence-corrected chi connectivity index (χ0v) is 17.1. The number of carboxylic acids is 1. The molecule has 6 heteroatoms. The van der Waals surface area contributed by atoms with E-state index in [-0.39, 0.29) is 12.3 Å². The Labute approximate surface area is 173 Å². The third-order valence-corrected chi connectivity index (χ3v) is 6.66. The van der Waals surface area contributed by atoms with Gasteiger partial charge in [-0.2, -0.15) is 0 Å². The first-order chi connectivity index (χ1) is 13.8. The van der Waals surface area contributed by atoms with Gasteiger partial charge >= 0.3 is 5.97 Å². The van der Waals surface area contributed by atoms with Crippen LogP contribution in [-0.4, -0.2) is 26.1 Å². The quantitative estimate of drug-likeness (QED) is 0.637. The van der Waals surface area contributed by atoms with Gasteiger partial charge in [0, 0.05) is 34.8 Å². The van der Waals surface area contributed by atoms with Crippen molar-refractivity contribution in [2.75, 3.05) is 6.26 Å². The number of aryl methyl sites for hydroxylation is 1. The van der Waals surface area contributed by atoms with Crippen LogP contribution < -0.4 is 0 Å². The molecule has 0 aliphatic heterocycles. The number of carbonyl (C=O) groups is 1. The third-order valence-electron chi connectivity index (χ3n) is 5.48. The van der Waals surface area contributed by atoms with Gasteiger partial charge in [-0.1, -0.05) is 35.8 Å². The topological polar surface area (TPSA) is 59.3 Å². The maximum Gasteiger partial charge on any atom is 0.304 e. The van der Waals surface area contributed by atoms with Crippen molar-refractivity contribution >= 4 is 39.3 Å². The lowest BCUT2D eigenvalue weighted by Crippen LogP contribution is -2.17. The molecule has 0 saturated carbocycles. The average molecular weight is 418 g/mol. The molecule has 0 bridgehead atoms. The van der Waals surface area contributed by atoms with Crippen LogP contribution in [0.5, 0.6) is 0 Å². The number of halogens is 1. The lowest BCUT2D eigenvalue weighted by atomic mass is 9.84. The fourth-order valence-electron chi connectivity index (χ4n) is 4.36. The van der Waals surface area contributed by atoms with Gasteiger partial charge in [-0.05, 0) is 48.6 Å². The highest BCUT2D eigenvalue weighted by Gasteiger charge is 2.30. The standard InChI is InChI=1S/C22H22ClNO3S/c1-28(27)19-7-3-6-18-17-5-2-4-15(12-20(25)26)21(17)24(22(18)19)13-14-8-10-16(23)11-9-14/h3,6-11,15H,2,4-5,12-13H2,1H3,(H,25,26)/t15-,28-/m1/s1/i3T. The highest BCUT2D eigenvalue weighted by atomic mass is 35.5. The molecule has 0 fully saturated rings. The van der Waals surface area contributed by atoms with Crippen LogP contribution in [0.2, 0.25) is 5.02 Å².